The Morgan fingerprint density at radius 1 is 1.14 bits per heavy atom. The van der Waals surface area contributed by atoms with Crippen molar-refractivity contribution in [2.24, 2.45) is 0 Å². The number of benzene rings is 1. The van der Waals surface area contributed by atoms with E-state index in [4.69, 9.17) is 0 Å². The molecule has 0 atom stereocenters. The molecular formula is C16H19NO3S. The van der Waals surface area contributed by atoms with E-state index in [9.17, 15) is 13.2 Å². The Morgan fingerprint density at radius 3 is 2.43 bits per heavy atom. The van der Waals surface area contributed by atoms with E-state index in [0.717, 1.165) is 12.0 Å². The van der Waals surface area contributed by atoms with E-state index >= 15 is 0 Å². The number of hydrogen-bond donors (Lipinski definition) is 0. The van der Waals surface area contributed by atoms with Crippen LogP contribution in [0.2, 0.25) is 0 Å². The van der Waals surface area contributed by atoms with Crippen molar-refractivity contribution in [2.75, 3.05) is 0 Å². The standard InChI is InChI=1S/C16H19NO3S/c1-3-5-15(18)12-14-6-4-11-17(14)21(19,20)16-9-7-13(2)8-10-16/h4,6-11H,3,5,12H2,1-2H3. The van der Waals surface area contributed by atoms with Crippen LogP contribution in [0, 0.1) is 6.92 Å². The van der Waals surface area contributed by atoms with Crippen LogP contribution in [0.5, 0.6) is 0 Å². The number of aryl methyl sites for hydroxylation is 1. The van der Waals surface area contributed by atoms with Crippen LogP contribution in [0.1, 0.15) is 31.0 Å². The van der Waals surface area contributed by atoms with Crippen molar-refractivity contribution in [1.29, 1.82) is 0 Å². The van der Waals surface area contributed by atoms with Gasteiger partial charge in [0.15, 0.2) is 0 Å². The molecule has 0 amide bonds. The highest BCUT2D eigenvalue weighted by Crippen LogP contribution is 2.18. The van der Waals surface area contributed by atoms with Crippen LogP contribution in [0.4, 0.5) is 0 Å². The predicted octanol–water partition coefficient (Wildman–Crippen LogP) is 2.95. The van der Waals surface area contributed by atoms with Gasteiger partial charge in [-0.1, -0.05) is 24.6 Å². The Morgan fingerprint density at radius 2 is 1.81 bits per heavy atom. The topological polar surface area (TPSA) is 56.1 Å². The lowest BCUT2D eigenvalue weighted by atomic mass is 10.1. The van der Waals surface area contributed by atoms with Gasteiger partial charge in [0.2, 0.25) is 0 Å². The molecule has 0 aliphatic heterocycles. The van der Waals surface area contributed by atoms with Crippen LogP contribution >= 0.6 is 0 Å². The van der Waals surface area contributed by atoms with E-state index in [1.54, 1.807) is 36.4 Å². The minimum Gasteiger partial charge on any atom is -0.299 e. The van der Waals surface area contributed by atoms with E-state index in [0.29, 0.717) is 12.1 Å². The number of ketones is 1. The lowest BCUT2D eigenvalue weighted by Crippen LogP contribution is -2.17. The smallest absolute Gasteiger partial charge is 0.267 e. The summed E-state index contributed by atoms with van der Waals surface area (Å²) in [6, 6.07) is 10.0. The lowest BCUT2D eigenvalue weighted by molar-refractivity contribution is -0.118. The maximum Gasteiger partial charge on any atom is 0.267 e. The average molecular weight is 305 g/mol. The summed E-state index contributed by atoms with van der Waals surface area (Å²) in [5.41, 5.74) is 1.51. The second-order valence-corrected chi connectivity index (χ2v) is 6.89. The van der Waals surface area contributed by atoms with Gasteiger partial charge >= 0.3 is 0 Å². The quantitative estimate of drug-likeness (QED) is 0.824. The van der Waals surface area contributed by atoms with Crippen LogP contribution < -0.4 is 0 Å². The van der Waals surface area contributed by atoms with Crippen molar-refractivity contribution in [3.63, 3.8) is 0 Å². The van der Waals surface area contributed by atoms with Gasteiger partial charge < -0.3 is 0 Å². The molecule has 1 aromatic heterocycles. The summed E-state index contributed by atoms with van der Waals surface area (Å²) >= 11 is 0. The van der Waals surface area contributed by atoms with Gasteiger partial charge in [0.1, 0.15) is 5.78 Å². The summed E-state index contributed by atoms with van der Waals surface area (Å²) in [7, 11) is -3.64. The molecule has 0 saturated heterocycles. The molecule has 0 radical (unpaired) electrons. The summed E-state index contributed by atoms with van der Waals surface area (Å²) in [6.45, 7) is 3.83. The molecule has 0 unspecified atom stereocenters. The van der Waals surface area contributed by atoms with Gasteiger partial charge in [-0.25, -0.2) is 12.4 Å². The molecule has 0 spiro atoms. The number of carbonyl (C=O) groups is 1. The van der Waals surface area contributed by atoms with Crippen LogP contribution in [-0.2, 0) is 21.2 Å². The molecule has 0 saturated carbocycles. The number of aromatic nitrogens is 1. The zero-order valence-electron chi connectivity index (χ0n) is 12.2. The maximum absolute atomic E-state index is 12.6. The molecule has 1 aromatic carbocycles. The Labute approximate surface area is 125 Å². The first-order chi connectivity index (χ1) is 9.95. The molecule has 2 aromatic rings. The minimum atomic E-state index is -3.64. The van der Waals surface area contributed by atoms with E-state index in [2.05, 4.69) is 0 Å². The molecule has 5 heteroatoms. The molecule has 0 aliphatic carbocycles. The third kappa shape index (κ3) is 3.42. The highest BCUT2D eigenvalue weighted by molar-refractivity contribution is 7.90. The van der Waals surface area contributed by atoms with Gasteiger partial charge in [-0.15, -0.1) is 0 Å². The Hall–Kier alpha value is -1.88. The molecule has 0 aliphatic rings. The van der Waals surface area contributed by atoms with Gasteiger partial charge in [0, 0.05) is 24.7 Å². The third-order valence-electron chi connectivity index (χ3n) is 3.28. The largest absolute Gasteiger partial charge is 0.299 e. The minimum absolute atomic E-state index is 0.0524. The molecule has 0 bridgehead atoms. The van der Waals surface area contributed by atoms with E-state index in [-0.39, 0.29) is 17.1 Å². The fourth-order valence-corrected chi connectivity index (χ4v) is 3.54. The summed E-state index contributed by atoms with van der Waals surface area (Å²) < 4.78 is 26.4. The Kier molecular flexibility index (Phi) is 4.63. The number of nitrogens with zero attached hydrogens (tertiary/aromatic N) is 1. The Bertz CT molecular complexity index is 727. The molecule has 21 heavy (non-hydrogen) atoms. The normalized spacial score (nSPS) is 11.5. The molecule has 0 N–H and O–H groups in total. The van der Waals surface area contributed by atoms with E-state index < -0.39 is 10.0 Å². The lowest BCUT2D eigenvalue weighted by Gasteiger charge is -2.10. The van der Waals surface area contributed by atoms with Crippen LogP contribution in [-0.4, -0.2) is 18.2 Å². The van der Waals surface area contributed by atoms with Gasteiger partial charge in [-0.2, -0.15) is 0 Å². The van der Waals surface area contributed by atoms with E-state index in [1.165, 1.54) is 10.2 Å². The first kappa shape index (κ1) is 15.5. The fourth-order valence-electron chi connectivity index (χ4n) is 2.17. The van der Waals surface area contributed by atoms with Gasteiger partial charge in [-0.05, 0) is 37.6 Å². The van der Waals surface area contributed by atoms with E-state index in [1.807, 2.05) is 13.8 Å². The van der Waals surface area contributed by atoms with Crippen molar-refractivity contribution in [2.45, 2.75) is 38.0 Å². The highest BCUT2D eigenvalue weighted by Gasteiger charge is 2.20. The van der Waals surface area contributed by atoms with Crippen LogP contribution in [0.3, 0.4) is 0 Å². The molecular weight excluding hydrogens is 286 g/mol. The number of rotatable bonds is 6. The summed E-state index contributed by atoms with van der Waals surface area (Å²) in [6.07, 6.45) is 2.87. The van der Waals surface area contributed by atoms with Crippen LogP contribution in [0.15, 0.2) is 47.5 Å². The number of carbonyl (C=O) groups excluding carboxylic acids is 1. The molecule has 2 rings (SSSR count). The van der Waals surface area contributed by atoms with Crippen LogP contribution in [0.25, 0.3) is 0 Å². The zero-order valence-corrected chi connectivity index (χ0v) is 13.1. The average Bonchev–Trinajstić information content (AvgIpc) is 2.88. The third-order valence-corrected chi connectivity index (χ3v) is 5.02. The SMILES string of the molecule is CCCC(=O)Cc1cccn1S(=O)(=O)c1ccc(C)cc1. The maximum atomic E-state index is 12.6. The van der Waals surface area contributed by atoms with Crippen molar-refractivity contribution in [1.82, 2.24) is 3.97 Å². The number of hydrogen-bond acceptors (Lipinski definition) is 3. The second kappa shape index (κ2) is 6.26. The van der Waals surface area contributed by atoms with Crippen molar-refractivity contribution < 1.29 is 13.2 Å². The fraction of sp³-hybridized carbons (Fsp3) is 0.312. The van der Waals surface area contributed by atoms with Crippen molar-refractivity contribution in [3.05, 3.63) is 53.9 Å². The van der Waals surface area contributed by atoms with Gasteiger partial charge in [-0.3, -0.25) is 4.79 Å². The van der Waals surface area contributed by atoms with Crippen molar-refractivity contribution in [3.8, 4) is 0 Å². The second-order valence-electron chi connectivity index (χ2n) is 5.08. The first-order valence-electron chi connectivity index (χ1n) is 6.95. The molecule has 4 nitrogen and oxygen atoms in total. The summed E-state index contributed by atoms with van der Waals surface area (Å²) in [5.74, 6) is 0.0524. The highest BCUT2D eigenvalue weighted by atomic mass is 32.2. The monoisotopic (exact) mass is 305 g/mol. The molecule has 112 valence electrons. The summed E-state index contributed by atoms with van der Waals surface area (Å²) in [5, 5.41) is 0. The Balaban J connectivity index is 2.35. The number of Topliss-reactive ketones (excluding diaryl/α,β-unsaturated/α-hetero) is 1. The molecule has 1 heterocycles. The van der Waals surface area contributed by atoms with Crippen molar-refractivity contribution >= 4 is 15.8 Å². The first-order valence-corrected chi connectivity index (χ1v) is 8.39. The summed E-state index contributed by atoms with van der Waals surface area (Å²) in [4.78, 5) is 12.0. The van der Waals surface area contributed by atoms with Gasteiger partial charge in [0.05, 0.1) is 4.90 Å². The van der Waals surface area contributed by atoms with Gasteiger partial charge in [0.25, 0.3) is 10.0 Å². The molecule has 0 fully saturated rings. The predicted molar refractivity (Wildman–Crippen MR) is 81.8 cm³/mol. The zero-order chi connectivity index (χ0) is 15.5.